The first-order chi connectivity index (χ1) is 8.15. The van der Waals surface area contributed by atoms with E-state index in [0.717, 1.165) is 0 Å². The van der Waals surface area contributed by atoms with Crippen LogP contribution in [0.2, 0.25) is 0 Å². The number of esters is 1. The first kappa shape index (κ1) is 11.1. The number of methoxy groups -OCH3 is 1. The molecular weight excluding hydrogens is 225 g/mol. The maximum atomic E-state index is 13.6. The van der Waals surface area contributed by atoms with Crippen LogP contribution in [0.3, 0.4) is 0 Å². The Labute approximate surface area is 96.4 Å². The number of rotatable bonds is 2. The molecule has 0 radical (unpaired) electrons. The van der Waals surface area contributed by atoms with Crippen LogP contribution >= 0.6 is 0 Å². The summed E-state index contributed by atoms with van der Waals surface area (Å²) in [7, 11) is 1.23. The van der Waals surface area contributed by atoms with Gasteiger partial charge in [-0.05, 0) is 6.07 Å². The van der Waals surface area contributed by atoms with E-state index in [0.29, 0.717) is 0 Å². The van der Waals surface area contributed by atoms with E-state index >= 15 is 0 Å². The van der Waals surface area contributed by atoms with Crippen molar-refractivity contribution >= 4 is 11.8 Å². The highest BCUT2D eigenvalue weighted by molar-refractivity contribution is 5.98. The smallest absolute Gasteiger partial charge is 0.356 e. The van der Waals surface area contributed by atoms with E-state index in [4.69, 9.17) is 5.73 Å². The van der Waals surface area contributed by atoms with Gasteiger partial charge in [-0.25, -0.2) is 9.18 Å². The van der Waals surface area contributed by atoms with Gasteiger partial charge in [0.25, 0.3) is 0 Å². The van der Waals surface area contributed by atoms with Crippen LogP contribution in [0.15, 0.2) is 24.3 Å². The van der Waals surface area contributed by atoms with E-state index in [9.17, 15) is 9.18 Å². The summed E-state index contributed by atoms with van der Waals surface area (Å²) in [5.74, 6) is -1.08. The van der Waals surface area contributed by atoms with Crippen LogP contribution in [-0.4, -0.2) is 23.3 Å². The minimum absolute atomic E-state index is 0.0371. The highest BCUT2D eigenvalue weighted by Gasteiger charge is 2.21. The van der Waals surface area contributed by atoms with Gasteiger partial charge in [0.2, 0.25) is 0 Å². The third-order valence-corrected chi connectivity index (χ3v) is 2.33. The molecule has 2 rings (SSSR count). The Morgan fingerprint density at radius 3 is 2.82 bits per heavy atom. The first-order valence-electron chi connectivity index (χ1n) is 4.82. The van der Waals surface area contributed by atoms with E-state index in [1.807, 2.05) is 0 Å². The van der Waals surface area contributed by atoms with Gasteiger partial charge in [-0.1, -0.05) is 18.2 Å². The highest BCUT2D eigenvalue weighted by atomic mass is 19.1. The Bertz CT molecular complexity index is 566. The predicted octanol–water partition coefficient (Wildman–Crippen LogP) is 1.58. The molecule has 1 aromatic carbocycles. The quantitative estimate of drug-likeness (QED) is 0.774. The predicted molar refractivity (Wildman–Crippen MR) is 59.7 cm³/mol. The summed E-state index contributed by atoms with van der Waals surface area (Å²) in [4.78, 5) is 11.5. The van der Waals surface area contributed by atoms with Crippen LogP contribution in [0.1, 0.15) is 10.5 Å². The molecule has 2 aromatic rings. The van der Waals surface area contributed by atoms with Gasteiger partial charge in [0, 0.05) is 5.56 Å². The van der Waals surface area contributed by atoms with Crippen LogP contribution in [0.4, 0.5) is 10.2 Å². The number of hydrogen-bond acceptors (Lipinski definition) is 4. The van der Waals surface area contributed by atoms with Crippen molar-refractivity contribution in [2.24, 2.45) is 0 Å². The molecule has 0 unspecified atom stereocenters. The lowest BCUT2D eigenvalue weighted by Crippen LogP contribution is -2.04. The Morgan fingerprint density at radius 1 is 1.47 bits per heavy atom. The summed E-state index contributed by atoms with van der Waals surface area (Å²) >= 11 is 0. The summed E-state index contributed by atoms with van der Waals surface area (Å²) in [5, 5.41) is 6.12. The Balaban J connectivity index is 2.63. The topological polar surface area (TPSA) is 81.0 Å². The van der Waals surface area contributed by atoms with Crippen LogP contribution in [0.25, 0.3) is 11.1 Å². The number of H-pyrrole nitrogens is 1. The molecule has 0 fully saturated rings. The lowest BCUT2D eigenvalue weighted by molar-refractivity contribution is 0.0595. The number of carbonyl (C=O) groups excluding carboxylic acids is 1. The largest absolute Gasteiger partial charge is 0.464 e. The van der Waals surface area contributed by atoms with Gasteiger partial charge >= 0.3 is 5.97 Å². The molecule has 0 saturated heterocycles. The second-order valence-electron chi connectivity index (χ2n) is 3.33. The van der Waals surface area contributed by atoms with Crippen molar-refractivity contribution in [3.05, 3.63) is 35.8 Å². The molecule has 0 aliphatic heterocycles. The van der Waals surface area contributed by atoms with Gasteiger partial charge < -0.3 is 10.5 Å². The third-order valence-electron chi connectivity index (χ3n) is 2.33. The molecule has 0 saturated carbocycles. The number of hydrogen-bond donors (Lipinski definition) is 2. The lowest BCUT2D eigenvalue weighted by atomic mass is 10.0. The van der Waals surface area contributed by atoms with Crippen molar-refractivity contribution in [3.63, 3.8) is 0 Å². The summed E-state index contributed by atoms with van der Waals surface area (Å²) in [6.07, 6.45) is 0. The second kappa shape index (κ2) is 4.25. The molecule has 6 heteroatoms. The summed E-state index contributed by atoms with van der Waals surface area (Å²) in [6, 6.07) is 5.99. The number of halogens is 1. The summed E-state index contributed by atoms with van der Waals surface area (Å²) in [6.45, 7) is 0. The van der Waals surface area contributed by atoms with Crippen molar-refractivity contribution in [2.75, 3.05) is 12.8 Å². The lowest BCUT2D eigenvalue weighted by Gasteiger charge is -2.03. The zero-order chi connectivity index (χ0) is 12.4. The Kier molecular flexibility index (Phi) is 2.78. The number of benzene rings is 1. The van der Waals surface area contributed by atoms with E-state index in [1.165, 1.54) is 19.2 Å². The van der Waals surface area contributed by atoms with E-state index in [-0.39, 0.29) is 22.6 Å². The minimum atomic E-state index is -0.646. The highest BCUT2D eigenvalue weighted by Crippen LogP contribution is 2.30. The zero-order valence-electron chi connectivity index (χ0n) is 9.03. The van der Waals surface area contributed by atoms with Crippen molar-refractivity contribution in [1.29, 1.82) is 0 Å². The average Bonchev–Trinajstić information content (AvgIpc) is 2.71. The van der Waals surface area contributed by atoms with Crippen molar-refractivity contribution in [3.8, 4) is 11.1 Å². The van der Waals surface area contributed by atoms with E-state index in [2.05, 4.69) is 14.9 Å². The fourth-order valence-corrected chi connectivity index (χ4v) is 1.54. The van der Waals surface area contributed by atoms with Gasteiger partial charge in [-0.3, -0.25) is 5.10 Å². The number of nitrogens with zero attached hydrogens (tertiary/aromatic N) is 1. The van der Waals surface area contributed by atoms with Gasteiger partial charge in [-0.2, -0.15) is 5.10 Å². The normalized spacial score (nSPS) is 10.2. The zero-order valence-corrected chi connectivity index (χ0v) is 9.03. The molecule has 88 valence electrons. The first-order valence-corrected chi connectivity index (χ1v) is 4.82. The third kappa shape index (κ3) is 1.84. The van der Waals surface area contributed by atoms with Crippen molar-refractivity contribution in [2.45, 2.75) is 0 Å². The van der Waals surface area contributed by atoms with E-state index < -0.39 is 11.8 Å². The van der Waals surface area contributed by atoms with E-state index in [1.54, 1.807) is 12.1 Å². The number of nitrogens with one attached hydrogen (secondary N) is 1. The van der Waals surface area contributed by atoms with Gasteiger partial charge in [0.1, 0.15) is 5.82 Å². The number of nitrogens with two attached hydrogens (primary N) is 1. The van der Waals surface area contributed by atoms with Gasteiger partial charge in [0.15, 0.2) is 11.5 Å². The Hall–Kier alpha value is -2.37. The summed E-state index contributed by atoms with van der Waals surface area (Å²) < 4.78 is 18.2. The molecule has 3 N–H and O–H groups in total. The molecule has 5 nitrogen and oxygen atoms in total. The number of aromatic amines is 1. The SMILES string of the molecule is COC(=O)c1[nH]nc(N)c1-c1ccccc1F. The molecule has 0 amide bonds. The summed E-state index contributed by atoms with van der Waals surface area (Å²) in [5.41, 5.74) is 6.08. The van der Waals surface area contributed by atoms with Crippen molar-refractivity contribution in [1.82, 2.24) is 10.2 Å². The second-order valence-corrected chi connectivity index (χ2v) is 3.33. The number of anilines is 1. The maximum absolute atomic E-state index is 13.6. The van der Waals surface area contributed by atoms with Crippen molar-refractivity contribution < 1.29 is 13.9 Å². The fraction of sp³-hybridized carbons (Fsp3) is 0.0909. The molecule has 0 aliphatic carbocycles. The van der Waals surface area contributed by atoms with Crippen LogP contribution in [0.5, 0.6) is 0 Å². The molecule has 17 heavy (non-hydrogen) atoms. The standard InChI is InChI=1S/C11H10FN3O2/c1-17-11(16)9-8(10(13)15-14-9)6-4-2-3-5-7(6)12/h2-5H,1H3,(H3,13,14,15). The molecule has 0 bridgehead atoms. The molecule has 1 aromatic heterocycles. The van der Waals surface area contributed by atoms with Gasteiger partial charge in [-0.15, -0.1) is 0 Å². The number of nitrogen functional groups attached to an aromatic ring is 1. The van der Waals surface area contributed by atoms with Crippen LogP contribution in [-0.2, 0) is 4.74 Å². The minimum Gasteiger partial charge on any atom is -0.464 e. The molecule has 0 aliphatic rings. The van der Waals surface area contributed by atoms with Crippen LogP contribution in [0, 0.1) is 5.82 Å². The number of ether oxygens (including phenoxy) is 1. The van der Waals surface area contributed by atoms with Crippen LogP contribution < -0.4 is 5.73 Å². The molecule has 0 atom stereocenters. The monoisotopic (exact) mass is 235 g/mol. The number of carbonyl (C=O) groups is 1. The Morgan fingerprint density at radius 2 is 2.18 bits per heavy atom. The molecular formula is C11H10FN3O2. The molecule has 0 spiro atoms. The number of aromatic nitrogens is 2. The average molecular weight is 235 g/mol. The van der Waals surface area contributed by atoms with Gasteiger partial charge in [0.05, 0.1) is 12.7 Å². The molecule has 1 heterocycles. The maximum Gasteiger partial charge on any atom is 0.356 e. The fourth-order valence-electron chi connectivity index (χ4n) is 1.54.